The molecule has 0 aliphatic carbocycles. The summed E-state index contributed by atoms with van der Waals surface area (Å²) in [4.78, 5) is 6.28. The number of hydrogen-bond acceptors (Lipinski definition) is 4. The highest BCUT2D eigenvalue weighted by Crippen LogP contribution is 2.37. The molecule has 2 N–H and O–H groups in total. The Morgan fingerprint density at radius 1 is 1.42 bits per heavy atom. The zero-order valence-corrected chi connectivity index (χ0v) is 14.4. The summed E-state index contributed by atoms with van der Waals surface area (Å²) in [5, 5.41) is 0. The molecule has 19 heavy (non-hydrogen) atoms. The number of rotatable bonds is 5. The maximum atomic E-state index is 6.14. The molecule has 1 aromatic rings. The summed E-state index contributed by atoms with van der Waals surface area (Å²) in [5.74, 6) is 0. The summed E-state index contributed by atoms with van der Waals surface area (Å²) in [6, 6.07) is 2.42. The third-order valence-corrected chi connectivity index (χ3v) is 6.18. The Morgan fingerprint density at radius 2 is 2.11 bits per heavy atom. The van der Waals surface area contributed by atoms with Crippen LogP contribution in [-0.4, -0.2) is 49.1 Å². The summed E-state index contributed by atoms with van der Waals surface area (Å²) >= 11 is 11.3. The highest BCUT2D eigenvalue weighted by atomic mass is 79.9. The van der Waals surface area contributed by atoms with Crippen LogP contribution in [0.5, 0.6) is 0 Å². The van der Waals surface area contributed by atoms with Crippen molar-refractivity contribution in [3.8, 4) is 0 Å². The van der Waals surface area contributed by atoms with Gasteiger partial charge in [0, 0.05) is 42.1 Å². The highest BCUT2D eigenvalue weighted by molar-refractivity contribution is 9.10. The van der Waals surface area contributed by atoms with Gasteiger partial charge in [-0.05, 0) is 35.0 Å². The van der Waals surface area contributed by atoms with Crippen LogP contribution in [0.15, 0.2) is 10.5 Å². The predicted octanol–water partition coefficient (Wildman–Crippen LogP) is 3.19. The Morgan fingerprint density at radius 3 is 2.58 bits per heavy atom. The molecule has 1 aromatic heterocycles. The number of nitrogens with two attached hydrogens (primary N) is 1. The lowest BCUT2D eigenvalue weighted by Gasteiger charge is -2.38. The Hall–Kier alpha value is 0.350. The molecule has 1 aliphatic heterocycles. The van der Waals surface area contributed by atoms with Crippen molar-refractivity contribution >= 4 is 38.9 Å². The second-order valence-corrected chi connectivity index (χ2v) is 7.44. The van der Waals surface area contributed by atoms with Crippen LogP contribution >= 0.6 is 38.9 Å². The summed E-state index contributed by atoms with van der Waals surface area (Å²) in [5.41, 5.74) is 5.98. The van der Waals surface area contributed by atoms with Crippen molar-refractivity contribution in [2.75, 3.05) is 39.3 Å². The third-order valence-electron chi connectivity index (χ3n) is 3.60. The molecular weight excluding hydrogens is 346 g/mol. The van der Waals surface area contributed by atoms with Crippen LogP contribution in [0.1, 0.15) is 24.3 Å². The first-order chi connectivity index (χ1) is 9.15. The van der Waals surface area contributed by atoms with Gasteiger partial charge in [0.1, 0.15) is 4.34 Å². The van der Waals surface area contributed by atoms with Gasteiger partial charge in [-0.25, -0.2) is 0 Å². The van der Waals surface area contributed by atoms with Crippen molar-refractivity contribution in [2.45, 2.75) is 19.4 Å². The van der Waals surface area contributed by atoms with Crippen LogP contribution in [0.25, 0.3) is 0 Å². The van der Waals surface area contributed by atoms with Crippen LogP contribution in [0.3, 0.4) is 0 Å². The molecule has 0 spiro atoms. The Balaban J connectivity index is 1.99. The average molecular weight is 367 g/mol. The molecule has 1 atom stereocenters. The van der Waals surface area contributed by atoms with Gasteiger partial charge in [0.25, 0.3) is 0 Å². The molecule has 1 fully saturated rings. The Bertz CT molecular complexity index is 385. The van der Waals surface area contributed by atoms with E-state index in [-0.39, 0.29) is 0 Å². The van der Waals surface area contributed by atoms with Crippen molar-refractivity contribution in [3.05, 3.63) is 19.8 Å². The van der Waals surface area contributed by atoms with Gasteiger partial charge in [-0.2, -0.15) is 0 Å². The largest absolute Gasteiger partial charge is 0.329 e. The maximum absolute atomic E-state index is 6.14. The van der Waals surface area contributed by atoms with E-state index in [4.69, 9.17) is 17.3 Å². The van der Waals surface area contributed by atoms with E-state index in [0.29, 0.717) is 12.6 Å². The lowest BCUT2D eigenvalue weighted by Crippen LogP contribution is -2.48. The van der Waals surface area contributed by atoms with Gasteiger partial charge in [0.15, 0.2) is 0 Å². The number of thiophene rings is 1. The van der Waals surface area contributed by atoms with Crippen molar-refractivity contribution in [1.82, 2.24) is 9.80 Å². The minimum absolute atomic E-state index is 0.303. The monoisotopic (exact) mass is 365 g/mol. The van der Waals surface area contributed by atoms with E-state index in [2.05, 4.69) is 38.7 Å². The minimum atomic E-state index is 0.303. The fourth-order valence-corrected chi connectivity index (χ4v) is 4.47. The van der Waals surface area contributed by atoms with Crippen LogP contribution < -0.4 is 5.73 Å². The van der Waals surface area contributed by atoms with Crippen LogP contribution in [-0.2, 0) is 0 Å². The number of piperazine rings is 1. The van der Waals surface area contributed by atoms with E-state index < -0.39 is 0 Å². The molecule has 2 rings (SSSR count). The fraction of sp³-hybridized carbons (Fsp3) is 0.692. The second kappa shape index (κ2) is 7.38. The molecule has 0 amide bonds. The Labute approximate surface area is 132 Å². The predicted molar refractivity (Wildman–Crippen MR) is 87.1 cm³/mol. The molecule has 2 heterocycles. The number of nitrogens with zero attached hydrogens (tertiary/aromatic N) is 2. The summed E-state index contributed by atoms with van der Waals surface area (Å²) in [6.45, 7) is 8.56. The normalized spacial score (nSPS) is 19.8. The summed E-state index contributed by atoms with van der Waals surface area (Å²) in [6.07, 6.45) is 1.23. The maximum Gasteiger partial charge on any atom is 0.107 e. The SMILES string of the molecule is CCCN1CCN(C(CN)c2cc(Br)c(Cl)s2)CC1. The van der Waals surface area contributed by atoms with Crippen LogP contribution in [0.2, 0.25) is 4.34 Å². The molecule has 3 nitrogen and oxygen atoms in total. The van der Waals surface area contributed by atoms with Crippen molar-refractivity contribution in [2.24, 2.45) is 5.73 Å². The molecular formula is C13H21BrClN3S. The van der Waals surface area contributed by atoms with E-state index in [1.54, 1.807) is 11.3 Å². The smallest absolute Gasteiger partial charge is 0.107 e. The first-order valence-corrected chi connectivity index (χ1v) is 8.75. The standard InChI is InChI=1S/C13H21BrClN3S/c1-2-3-17-4-6-18(7-5-17)11(9-16)12-8-10(14)13(15)19-12/h8,11H,2-7,9,16H2,1H3. The molecule has 0 saturated carbocycles. The van der Waals surface area contributed by atoms with Gasteiger partial charge < -0.3 is 10.6 Å². The van der Waals surface area contributed by atoms with E-state index in [1.165, 1.54) is 17.8 Å². The topological polar surface area (TPSA) is 32.5 Å². The first-order valence-electron chi connectivity index (χ1n) is 6.77. The molecule has 0 radical (unpaired) electrons. The zero-order chi connectivity index (χ0) is 13.8. The highest BCUT2D eigenvalue weighted by Gasteiger charge is 2.25. The van der Waals surface area contributed by atoms with Crippen LogP contribution in [0, 0.1) is 0 Å². The molecule has 1 aliphatic rings. The van der Waals surface area contributed by atoms with Crippen molar-refractivity contribution < 1.29 is 0 Å². The van der Waals surface area contributed by atoms with Gasteiger partial charge in [0.05, 0.1) is 6.04 Å². The zero-order valence-electron chi connectivity index (χ0n) is 11.2. The van der Waals surface area contributed by atoms with Crippen LogP contribution in [0.4, 0.5) is 0 Å². The summed E-state index contributed by atoms with van der Waals surface area (Å²) < 4.78 is 1.80. The summed E-state index contributed by atoms with van der Waals surface area (Å²) in [7, 11) is 0. The lowest BCUT2D eigenvalue weighted by atomic mass is 10.1. The first kappa shape index (κ1) is 15.7. The van der Waals surface area contributed by atoms with Crippen molar-refractivity contribution in [3.63, 3.8) is 0 Å². The van der Waals surface area contributed by atoms with Gasteiger partial charge in [0.2, 0.25) is 0 Å². The van der Waals surface area contributed by atoms with E-state index in [9.17, 15) is 0 Å². The molecule has 1 unspecified atom stereocenters. The van der Waals surface area contributed by atoms with E-state index in [0.717, 1.165) is 35.0 Å². The second-order valence-electron chi connectivity index (χ2n) is 4.90. The molecule has 1 saturated heterocycles. The third kappa shape index (κ3) is 3.93. The van der Waals surface area contributed by atoms with Gasteiger partial charge in [-0.15, -0.1) is 11.3 Å². The molecule has 6 heteroatoms. The lowest BCUT2D eigenvalue weighted by molar-refractivity contribution is 0.0998. The molecule has 0 aromatic carbocycles. The molecule has 108 valence electrons. The van der Waals surface area contributed by atoms with Gasteiger partial charge >= 0.3 is 0 Å². The molecule has 0 bridgehead atoms. The van der Waals surface area contributed by atoms with Gasteiger partial charge in [-0.3, -0.25) is 4.90 Å². The quantitative estimate of drug-likeness (QED) is 0.868. The number of halogens is 2. The van der Waals surface area contributed by atoms with E-state index >= 15 is 0 Å². The Kier molecular flexibility index (Phi) is 6.11. The van der Waals surface area contributed by atoms with Crippen molar-refractivity contribution in [1.29, 1.82) is 0 Å². The average Bonchev–Trinajstić information content (AvgIpc) is 2.73. The van der Waals surface area contributed by atoms with E-state index in [1.807, 2.05) is 0 Å². The minimum Gasteiger partial charge on any atom is -0.329 e. The fourth-order valence-electron chi connectivity index (χ4n) is 2.59. The van der Waals surface area contributed by atoms with Gasteiger partial charge in [-0.1, -0.05) is 18.5 Å². The number of hydrogen-bond donors (Lipinski definition) is 1.